The molecule has 0 saturated heterocycles. The van der Waals surface area contributed by atoms with Crippen LogP contribution in [0.3, 0.4) is 0 Å². The van der Waals surface area contributed by atoms with E-state index in [1.54, 1.807) is 0 Å². The molecule has 0 aromatic carbocycles. The summed E-state index contributed by atoms with van der Waals surface area (Å²) < 4.78 is 5.35. The third-order valence-corrected chi connectivity index (χ3v) is 3.17. The Hall–Kier alpha value is -0.800. The first-order chi connectivity index (χ1) is 9.02. The molecule has 19 heavy (non-hydrogen) atoms. The van der Waals surface area contributed by atoms with Crippen LogP contribution in [0.25, 0.3) is 0 Å². The zero-order valence-electron chi connectivity index (χ0n) is 12.5. The van der Waals surface area contributed by atoms with Crippen molar-refractivity contribution < 1.29 is 14.9 Å². The van der Waals surface area contributed by atoms with Crippen molar-refractivity contribution >= 4 is 0 Å². The molecule has 0 bridgehead atoms. The van der Waals surface area contributed by atoms with Crippen molar-refractivity contribution in [2.75, 3.05) is 0 Å². The summed E-state index contributed by atoms with van der Waals surface area (Å²) >= 11 is 0. The maximum atomic E-state index is 9.84. The van der Waals surface area contributed by atoms with Gasteiger partial charge in [0.2, 0.25) is 0 Å². The molecule has 0 radical (unpaired) electrons. The quantitative estimate of drug-likeness (QED) is 0.417. The topological polar surface area (TPSA) is 49.7 Å². The number of aliphatic hydroxyl groups is 2. The third kappa shape index (κ3) is 8.84. The molecule has 2 unspecified atom stereocenters. The number of aliphatic hydroxyl groups excluding tert-OH is 2. The molecular formula is C16H30O3. The van der Waals surface area contributed by atoms with Crippen molar-refractivity contribution in [3.63, 3.8) is 0 Å². The molecule has 0 aromatic heterocycles. The minimum atomic E-state index is -0.675. The summed E-state index contributed by atoms with van der Waals surface area (Å²) in [4.78, 5) is 0. The highest BCUT2D eigenvalue weighted by Gasteiger charge is 2.15. The van der Waals surface area contributed by atoms with Crippen LogP contribution in [0.2, 0.25) is 0 Å². The molecule has 0 aliphatic carbocycles. The van der Waals surface area contributed by atoms with E-state index in [-0.39, 0.29) is 11.5 Å². The first kappa shape index (κ1) is 18.2. The molecule has 3 heteroatoms. The minimum Gasteiger partial charge on any atom is -0.462 e. The van der Waals surface area contributed by atoms with Crippen LogP contribution in [0.1, 0.15) is 65.2 Å². The van der Waals surface area contributed by atoms with Crippen molar-refractivity contribution in [1.29, 1.82) is 0 Å². The Kier molecular flexibility index (Phi) is 10.6. The highest BCUT2D eigenvalue weighted by atomic mass is 16.5. The van der Waals surface area contributed by atoms with Gasteiger partial charge < -0.3 is 14.9 Å². The monoisotopic (exact) mass is 270 g/mol. The number of ether oxygens (including phenoxy) is 1. The lowest BCUT2D eigenvalue weighted by atomic mass is 10.1. The van der Waals surface area contributed by atoms with Gasteiger partial charge in [0.1, 0.15) is 23.7 Å². The molecule has 0 rings (SSSR count). The average molecular weight is 270 g/mol. The number of hydrogen-bond donors (Lipinski definition) is 2. The number of rotatable bonds is 12. The van der Waals surface area contributed by atoms with Crippen LogP contribution in [-0.2, 0) is 4.74 Å². The van der Waals surface area contributed by atoms with Crippen molar-refractivity contribution in [1.82, 2.24) is 0 Å². The maximum absolute atomic E-state index is 9.84. The van der Waals surface area contributed by atoms with Crippen LogP contribution in [0.5, 0.6) is 0 Å². The molecule has 112 valence electrons. The molecule has 2 N–H and O–H groups in total. The fourth-order valence-electron chi connectivity index (χ4n) is 1.80. The Morgan fingerprint density at radius 3 is 1.53 bits per heavy atom. The fourth-order valence-corrected chi connectivity index (χ4v) is 1.80. The van der Waals surface area contributed by atoms with E-state index in [1.165, 1.54) is 0 Å². The first-order valence-electron chi connectivity index (χ1n) is 7.44. The number of unbranched alkanes of at least 4 members (excludes halogenated alkanes) is 4. The smallest absolute Gasteiger partial charge is 0.125 e. The van der Waals surface area contributed by atoms with E-state index < -0.39 is 12.2 Å². The molecule has 3 nitrogen and oxygen atoms in total. The Morgan fingerprint density at radius 2 is 1.21 bits per heavy atom. The second-order valence-electron chi connectivity index (χ2n) is 5.06. The van der Waals surface area contributed by atoms with Gasteiger partial charge in [-0.05, 0) is 12.8 Å². The molecule has 0 fully saturated rings. The van der Waals surface area contributed by atoms with Crippen LogP contribution in [0, 0.1) is 0 Å². The molecule has 2 atom stereocenters. The van der Waals surface area contributed by atoms with E-state index in [0.717, 1.165) is 38.5 Å². The van der Waals surface area contributed by atoms with E-state index in [2.05, 4.69) is 27.0 Å². The minimum absolute atomic E-state index is 0.288. The van der Waals surface area contributed by atoms with Gasteiger partial charge in [0.25, 0.3) is 0 Å². The van der Waals surface area contributed by atoms with Gasteiger partial charge in [0, 0.05) is 0 Å². The molecule has 0 spiro atoms. The first-order valence-corrected chi connectivity index (χ1v) is 7.44. The lowest BCUT2D eigenvalue weighted by molar-refractivity contribution is 0.0825. The van der Waals surface area contributed by atoms with E-state index in [1.807, 2.05) is 0 Å². The summed E-state index contributed by atoms with van der Waals surface area (Å²) in [6.07, 6.45) is 6.24. The Bertz CT molecular complexity index is 235. The molecule has 0 amide bonds. The van der Waals surface area contributed by atoms with Crippen LogP contribution < -0.4 is 0 Å². The van der Waals surface area contributed by atoms with Gasteiger partial charge in [-0.1, -0.05) is 65.5 Å². The van der Waals surface area contributed by atoms with Gasteiger partial charge in [0.05, 0.1) is 0 Å². The Balaban J connectivity index is 3.92. The van der Waals surface area contributed by atoms with Gasteiger partial charge in [-0.3, -0.25) is 0 Å². The van der Waals surface area contributed by atoms with Crippen molar-refractivity contribution in [3.05, 3.63) is 24.7 Å². The second kappa shape index (κ2) is 11.1. The van der Waals surface area contributed by atoms with Gasteiger partial charge in [-0.25, -0.2) is 0 Å². The van der Waals surface area contributed by atoms with Gasteiger partial charge in [0.15, 0.2) is 0 Å². The number of hydrogen-bond acceptors (Lipinski definition) is 3. The normalized spacial score (nSPS) is 13.9. The van der Waals surface area contributed by atoms with Gasteiger partial charge >= 0.3 is 0 Å². The fraction of sp³-hybridized carbons (Fsp3) is 0.750. The highest BCUT2D eigenvalue weighted by Crippen LogP contribution is 2.18. The van der Waals surface area contributed by atoms with Crippen LogP contribution in [-0.4, -0.2) is 22.4 Å². The predicted octanol–water partition coefficient (Wildman–Crippen LogP) is 3.91. The molecule has 0 aliphatic rings. The summed E-state index contributed by atoms with van der Waals surface area (Å²) in [6.45, 7) is 11.7. The third-order valence-electron chi connectivity index (χ3n) is 3.17. The molecule has 0 aliphatic heterocycles. The zero-order chi connectivity index (χ0) is 14.7. The molecule has 0 aromatic rings. The SMILES string of the molecule is C=C(OC(=C)C(O)CCCCC)C(O)CCCCC. The van der Waals surface area contributed by atoms with Crippen molar-refractivity contribution in [3.8, 4) is 0 Å². The summed E-state index contributed by atoms with van der Waals surface area (Å²) in [5.74, 6) is 0.575. The van der Waals surface area contributed by atoms with E-state index >= 15 is 0 Å². The molecule has 0 saturated carbocycles. The summed E-state index contributed by atoms with van der Waals surface area (Å²) in [7, 11) is 0. The standard InChI is InChI=1S/C16H30O3/c1-5-7-9-11-15(17)13(3)19-14(4)16(18)12-10-8-6-2/h15-18H,3-12H2,1-2H3. The van der Waals surface area contributed by atoms with E-state index in [0.29, 0.717) is 12.8 Å². The highest BCUT2D eigenvalue weighted by molar-refractivity contribution is 5.01. The average Bonchev–Trinajstić information content (AvgIpc) is 2.38. The van der Waals surface area contributed by atoms with Crippen LogP contribution >= 0.6 is 0 Å². The summed E-state index contributed by atoms with van der Waals surface area (Å²) in [6, 6.07) is 0. The molecular weight excluding hydrogens is 240 g/mol. The second-order valence-corrected chi connectivity index (χ2v) is 5.06. The Morgan fingerprint density at radius 1 is 0.842 bits per heavy atom. The molecule has 0 heterocycles. The van der Waals surface area contributed by atoms with E-state index in [9.17, 15) is 10.2 Å². The maximum Gasteiger partial charge on any atom is 0.125 e. The Labute approximate surface area is 118 Å². The lowest BCUT2D eigenvalue weighted by Crippen LogP contribution is -2.17. The predicted molar refractivity (Wildman–Crippen MR) is 79.7 cm³/mol. The lowest BCUT2D eigenvalue weighted by Gasteiger charge is -2.19. The van der Waals surface area contributed by atoms with Gasteiger partial charge in [-0.15, -0.1) is 0 Å². The van der Waals surface area contributed by atoms with Crippen molar-refractivity contribution in [2.45, 2.75) is 77.4 Å². The summed E-state index contributed by atoms with van der Waals surface area (Å²) in [5.41, 5.74) is 0. The zero-order valence-corrected chi connectivity index (χ0v) is 12.5. The summed E-state index contributed by atoms with van der Waals surface area (Å²) in [5, 5.41) is 19.7. The van der Waals surface area contributed by atoms with Crippen LogP contribution in [0.15, 0.2) is 24.7 Å². The van der Waals surface area contributed by atoms with Crippen LogP contribution in [0.4, 0.5) is 0 Å². The van der Waals surface area contributed by atoms with Gasteiger partial charge in [-0.2, -0.15) is 0 Å². The van der Waals surface area contributed by atoms with Crippen molar-refractivity contribution in [2.24, 2.45) is 0 Å². The largest absolute Gasteiger partial charge is 0.462 e. The van der Waals surface area contributed by atoms with E-state index in [4.69, 9.17) is 4.74 Å².